The third-order valence-corrected chi connectivity index (χ3v) is 5.25. The van der Waals surface area contributed by atoms with Crippen LogP contribution >= 0.6 is 11.8 Å². The molecule has 29 heavy (non-hydrogen) atoms. The van der Waals surface area contributed by atoms with Crippen LogP contribution in [0, 0.1) is 0 Å². The molecule has 0 aliphatic heterocycles. The van der Waals surface area contributed by atoms with Crippen LogP contribution in [0.4, 0.5) is 13.2 Å². The summed E-state index contributed by atoms with van der Waals surface area (Å²) in [5.41, 5.74) is 0.528. The van der Waals surface area contributed by atoms with Gasteiger partial charge in [-0.25, -0.2) is 9.97 Å². The Labute approximate surface area is 169 Å². The fourth-order valence-electron chi connectivity index (χ4n) is 2.71. The van der Waals surface area contributed by atoms with E-state index in [1.807, 2.05) is 0 Å². The van der Waals surface area contributed by atoms with Gasteiger partial charge in [-0.3, -0.25) is 4.79 Å². The number of hydrogen-bond acceptors (Lipinski definition) is 6. The molecule has 0 fully saturated rings. The Hall–Kier alpha value is -2.81. The first-order valence-electron chi connectivity index (χ1n) is 8.51. The number of ketones is 1. The van der Waals surface area contributed by atoms with Crippen LogP contribution in [-0.2, 0) is 6.18 Å². The summed E-state index contributed by atoms with van der Waals surface area (Å²) in [7, 11) is 2.94. The topological polar surface area (TPSA) is 61.3 Å². The van der Waals surface area contributed by atoms with Gasteiger partial charge < -0.3 is 9.47 Å². The van der Waals surface area contributed by atoms with Gasteiger partial charge in [0, 0.05) is 10.9 Å². The summed E-state index contributed by atoms with van der Waals surface area (Å²) >= 11 is 0.957. The molecule has 9 heteroatoms. The molecular formula is C20H17F3N2O3S. The lowest BCUT2D eigenvalue weighted by Gasteiger charge is -2.15. The standard InChI is InChI=1S/C20H17F3N2O3S/c1-11(17(26)12-8-9-15(27-2)16(10-12)28-3)29-18-13-6-4-5-7-14(13)24-19(25-18)20(21,22)23/h4-11H,1-3H3. The molecule has 0 aliphatic carbocycles. The van der Waals surface area contributed by atoms with Gasteiger partial charge in [0.05, 0.1) is 25.0 Å². The highest BCUT2D eigenvalue weighted by atomic mass is 32.2. The van der Waals surface area contributed by atoms with Gasteiger partial charge >= 0.3 is 6.18 Å². The number of ether oxygens (including phenoxy) is 2. The highest BCUT2D eigenvalue weighted by Gasteiger charge is 2.36. The predicted molar refractivity (Wildman–Crippen MR) is 104 cm³/mol. The molecule has 0 amide bonds. The Morgan fingerprint density at radius 3 is 2.38 bits per heavy atom. The van der Waals surface area contributed by atoms with E-state index in [0.717, 1.165) is 11.8 Å². The SMILES string of the molecule is COc1ccc(C(=O)C(C)Sc2nc(C(F)(F)F)nc3ccccc23)cc1OC. The number of para-hydroxylation sites is 1. The normalized spacial score (nSPS) is 12.6. The largest absolute Gasteiger partial charge is 0.493 e. The highest BCUT2D eigenvalue weighted by molar-refractivity contribution is 8.00. The number of alkyl halides is 3. The van der Waals surface area contributed by atoms with Gasteiger partial charge in [0.15, 0.2) is 17.3 Å². The zero-order valence-electron chi connectivity index (χ0n) is 15.8. The van der Waals surface area contributed by atoms with Crippen LogP contribution in [0.5, 0.6) is 11.5 Å². The number of benzene rings is 2. The second-order valence-electron chi connectivity index (χ2n) is 6.06. The molecule has 3 rings (SSSR count). The second-order valence-corrected chi connectivity index (χ2v) is 7.39. The summed E-state index contributed by atoms with van der Waals surface area (Å²) in [5, 5.41) is -0.130. The summed E-state index contributed by atoms with van der Waals surface area (Å²) in [6.45, 7) is 1.62. The van der Waals surface area contributed by atoms with E-state index >= 15 is 0 Å². The van der Waals surface area contributed by atoms with Crippen molar-refractivity contribution in [3.63, 3.8) is 0 Å². The molecule has 1 atom stereocenters. The van der Waals surface area contributed by atoms with E-state index in [4.69, 9.17) is 9.47 Å². The first-order valence-corrected chi connectivity index (χ1v) is 9.39. The molecule has 1 aromatic heterocycles. The van der Waals surface area contributed by atoms with Crippen LogP contribution in [0.15, 0.2) is 47.5 Å². The Morgan fingerprint density at radius 2 is 1.72 bits per heavy atom. The molecular weight excluding hydrogens is 405 g/mol. The number of nitrogens with zero attached hydrogens (tertiary/aromatic N) is 2. The van der Waals surface area contributed by atoms with E-state index in [1.165, 1.54) is 26.4 Å². The first kappa shape index (κ1) is 20.9. The molecule has 152 valence electrons. The maximum absolute atomic E-state index is 13.2. The summed E-state index contributed by atoms with van der Waals surface area (Å²) in [6, 6.07) is 11.1. The minimum atomic E-state index is -4.68. The average Bonchev–Trinajstić information content (AvgIpc) is 2.71. The van der Waals surface area contributed by atoms with Crippen molar-refractivity contribution in [2.75, 3.05) is 14.2 Å². The zero-order valence-corrected chi connectivity index (χ0v) is 16.6. The smallest absolute Gasteiger partial charge is 0.451 e. The molecule has 0 spiro atoms. The number of halogens is 3. The molecule has 1 heterocycles. The first-order chi connectivity index (χ1) is 13.7. The number of hydrogen-bond donors (Lipinski definition) is 0. The quantitative estimate of drug-likeness (QED) is 0.316. The van der Waals surface area contributed by atoms with E-state index < -0.39 is 17.3 Å². The van der Waals surface area contributed by atoms with Crippen LogP contribution in [0.3, 0.4) is 0 Å². The minimum absolute atomic E-state index is 0.101. The fourth-order valence-corrected chi connectivity index (χ4v) is 3.73. The fraction of sp³-hybridized carbons (Fsp3) is 0.250. The van der Waals surface area contributed by atoms with E-state index in [1.54, 1.807) is 37.3 Å². The molecule has 2 aromatic carbocycles. The summed E-state index contributed by atoms with van der Waals surface area (Å²) in [6.07, 6.45) is -4.68. The second kappa shape index (κ2) is 8.28. The Balaban J connectivity index is 1.95. The zero-order chi connectivity index (χ0) is 21.2. The van der Waals surface area contributed by atoms with Crippen molar-refractivity contribution in [2.45, 2.75) is 23.4 Å². The van der Waals surface area contributed by atoms with E-state index in [-0.39, 0.29) is 16.3 Å². The van der Waals surface area contributed by atoms with Crippen molar-refractivity contribution in [1.82, 2.24) is 9.97 Å². The lowest BCUT2D eigenvalue weighted by molar-refractivity contribution is -0.145. The van der Waals surface area contributed by atoms with Gasteiger partial charge in [-0.15, -0.1) is 0 Å². The predicted octanol–water partition coefficient (Wildman–Crippen LogP) is 5.03. The van der Waals surface area contributed by atoms with Crippen molar-refractivity contribution < 1.29 is 27.4 Å². The van der Waals surface area contributed by atoms with E-state index in [9.17, 15) is 18.0 Å². The molecule has 0 aliphatic rings. The Morgan fingerprint density at radius 1 is 1.03 bits per heavy atom. The average molecular weight is 422 g/mol. The lowest BCUT2D eigenvalue weighted by atomic mass is 10.1. The monoisotopic (exact) mass is 422 g/mol. The highest BCUT2D eigenvalue weighted by Crippen LogP contribution is 2.35. The lowest BCUT2D eigenvalue weighted by Crippen LogP contribution is -2.16. The number of rotatable bonds is 6. The summed E-state index contributed by atoms with van der Waals surface area (Å²) in [4.78, 5) is 20.1. The molecule has 0 radical (unpaired) electrons. The number of aromatic nitrogens is 2. The van der Waals surface area contributed by atoms with E-state index in [2.05, 4.69) is 9.97 Å². The number of fused-ring (bicyclic) bond motifs is 1. The molecule has 0 N–H and O–H groups in total. The van der Waals surface area contributed by atoms with Gasteiger partial charge in [-0.05, 0) is 31.2 Å². The summed E-state index contributed by atoms with van der Waals surface area (Å²) < 4.78 is 49.9. The maximum atomic E-state index is 13.2. The van der Waals surface area contributed by atoms with Gasteiger partial charge in [-0.1, -0.05) is 30.0 Å². The third-order valence-electron chi connectivity index (χ3n) is 4.15. The van der Waals surface area contributed by atoms with E-state index in [0.29, 0.717) is 22.4 Å². The van der Waals surface area contributed by atoms with Crippen LogP contribution in [0.1, 0.15) is 23.1 Å². The van der Waals surface area contributed by atoms with Gasteiger partial charge in [-0.2, -0.15) is 13.2 Å². The molecule has 0 saturated carbocycles. The van der Waals surface area contributed by atoms with Crippen molar-refractivity contribution in [2.24, 2.45) is 0 Å². The molecule has 0 bridgehead atoms. The van der Waals surface area contributed by atoms with Crippen molar-refractivity contribution in [3.8, 4) is 11.5 Å². The number of carbonyl (C=O) groups excluding carboxylic acids is 1. The molecule has 0 saturated heterocycles. The van der Waals surface area contributed by atoms with Crippen molar-refractivity contribution in [3.05, 3.63) is 53.9 Å². The van der Waals surface area contributed by atoms with Crippen LogP contribution in [0.25, 0.3) is 10.9 Å². The molecule has 3 aromatic rings. The number of Topliss-reactive ketones (excluding diaryl/α,β-unsaturated/α-hetero) is 1. The Kier molecular flexibility index (Phi) is 5.97. The van der Waals surface area contributed by atoms with Crippen LogP contribution in [0.2, 0.25) is 0 Å². The number of carbonyl (C=O) groups is 1. The third kappa shape index (κ3) is 4.45. The van der Waals surface area contributed by atoms with Crippen molar-refractivity contribution in [1.29, 1.82) is 0 Å². The van der Waals surface area contributed by atoms with Gasteiger partial charge in [0.25, 0.3) is 0 Å². The maximum Gasteiger partial charge on any atom is 0.451 e. The van der Waals surface area contributed by atoms with Crippen molar-refractivity contribution >= 4 is 28.4 Å². The van der Waals surface area contributed by atoms with Gasteiger partial charge in [0.1, 0.15) is 5.03 Å². The van der Waals surface area contributed by atoms with Crippen LogP contribution < -0.4 is 9.47 Å². The number of methoxy groups -OCH3 is 2. The molecule has 5 nitrogen and oxygen atoms in total. The van der Waals surface area contributed by atoms with Crippen LogP contribution in [-0.4, -0.2) is 35.2 Å². The minimum Gasteiger partial charge on any atom is -0.493 e. The Bertz CT molecular complexity index is 1060. The summed E-state index contributed by atoms with van der Waals surface area (Å²) in [5.74, 6) is -0.639. The van der Waals surface area contributed by atoms with Gasteiger partial charge in [0.2, 0.25) is 5.82 Å². The molecule has 1 unspecified atom stereocenters. The number of thioether (sulfide) groups is 1.